The van der Waals surface area contributed by atoms with Crippen molar-refractivity contribution in [2.24, 2.45) is 0 Å². The van der Waals surface area contributed by atoms with Gasteiger partial charge in [0.15, 0.2) is 6.10 Å². The maximum Gasteiger partial charge on any atom is 0.263 e. The molecule has 20 heavy (non-hydrogen) atoms. The summed E-state index contributed by atoms with van der Waals surface area (Å²) in [5.41, 5.74) is 0.408. The van der Waals surface area contributed by atoms with Crippen LogP contribution in [0, 0.1) is 11.3 Å². The minimum atomic E-state index is -0.671. The molecular weight excluding hydrogens is 256 g/mol. The summed E-state index contributed by atoms with van der Waals surface area (Å²) in [6, 6.07) is 8.87. The number of aliphatic hydroxyl groups is 1. The fourth-order valence-electron chi connectivity index (χ4n) is 2.31. The van der Waals surface area contributed by atoms with Gasteiger partial charge < -0.3 is 14.7 Å². The summed E-state index contributed by atoms with van der Waals surface area (Å²) >= 11 is 0. The Morgan fingerprint density at radius 2 is 2.30 bits per heavy atom. The molecule has 1 aliphatic heterocycles. The highest BCUT2D eigenvalue weighted by atomic mass is 16.5. The Morgan fingerprint density at radius 1 is 1.55 bits per heavy atom. The number of carbonyl (C=O) groups is 1. The zero-order chi connectivity index (χ0) is 14.5. The van der Waals surface area contributed by atoms with Gasteiger partial charge in [-0.2, -0.15) is 5.26 Å². The van der Waals surface area contributed by atoms with E-state index in [4.69, 9.17) is 10.00 Å². The van der Waals surface area contributed by atoms with Crippen molar-refractivity contribution in [1.82, 2.24) is 4.90 Å². The molecule has 0 spiro atoms. The number of para-hydroxylation sites is 1. The van der Waals surface area contributed by atoms with Crippen LogP contribution in [0.25, 0.3) is 0 Å². The van der Waals surface area contributed by atoms with Crippen molar-refractivity contribution < 1.29 is 14.6 Å². The van der Waals surface area contributed by atoms with Gasteiger partial charge in [0.2, 0.25) is 0 Å². The molecule has 1 aromatic carbocycles. The minimum Gasteiger partial charge on any atom is -0.480 e. The normalized spacial score (nSPS) is 20.1. The van der Waals surface area contributed by atoms with Gasteiger partial charge >= 0.3 is 0 Å². The van der Waals surface area contributed by atoms with Crippen LogP contribution < -0.4 is 4.74 Å². The average molecular weight is 274 g/mol. The second-order valence-corrected chi connectivity index (χ2v) is 4.95. The molecule has 1 N–H and O–H groups in total. The molecule has 5 heteroatoms. The summed E-state index contributed by atoms with van der Waals surface area (Å²) in [6.45, 7) is 2.66. The molecular formula is C15H18N2O3. The second-order valence-electron chi connectivity index (χ2n) is 4.95. The van der Waals surface area contributed by atoms with E-state index < -0.39 is 12.2 Å². The molecule has 2 rings (SSSR count). The van der Waals surface area contributed by atoms with E-state index in [-0.39, 0.29) is 5.91 Å². The molecule has 0 saturated carbocycles. The minimum absolute atomic E-state index is 0.156. The van der Waals surface area contributed by atoms with Crippen LogP contribution in [0.15, 0.2) is 24.3 Å². The third-order valence-electron chi connectivity index (χ3n) is 3.37. The standard InChI is InChI=1S/C15H18N2O3/c1-11(15(19)17-8-4-6-13(18)10-17)20-14-7-3-2-5-12(14)9-16/h2-3,5,7,11,13,18H,4,6,8,10H2,1H3/t11-,13-/m0/s1. The highest BCUT2D eigenvalue weighted by Crippen LogP contribution is 2.19. The second kappa shape index (κ2) is 6.40. The number of hydrogen-bond acceptors (Lipinski definition) is 4. The summed E-state index contributed by atoms with van der Waals surface area (Å²) in [4.78, 5) is 13.9. The molecule has 1 aliphatic rings. The van der Waals surface area contributed by atoms with Crippen LogP contribution in [0.5, 0.6) is 5.75 Å². The lowest BCUT2D eigenvalue weighted by atomic mass is 10.1. The molecule has 106 valence electrons. The van der Waals surface area contributed by atoms with Crippen LogP contribution in [0.4, 0.5) is 0 Å². The number of ether oxygens (including phenoxy) is 1. The van der Waals surface area contributed by atoms with Gasteiger partial charge in [-0.05, 0) is 31.9 Å². The first kappa shape index (κ1) is 14.4. The Morgan fingerprint density at radius 3 is 3.00 bits per heavy atom. The summed E-state index contributed by atoms with van der Waals surface area (Å²) in [5.74, 6) is 0.255. The predicted octanol–water partition coefficient (Wildman–Crippen LogP) is 1.31. The number of likely N-dealkylation sites (tertiary alicyclic amines) is 1. The molecule has 0 radical (unpaired) electrons. The number of aliphatic hydroxyl groups excluding tert-OH is 1. The van der Waals surface area contributed by atoms with E-state index in [2.05, 4.69) is 0 Å². The number of benzene rings is 1. The topological polar surface area (TPSA) is 73.6 Å². The zero-order valence-electron chi connectivity index (χ0n) is 11.5. The highest BCUT2D eigenvalue weighted by molar-refractivity contribution is 5.81. The van der Waals surface area contributed by atoms with Crippen LogP contribution >= 0.6 is 0 Å². The smallest absolute Gasteiger partial charge is 0.263 e. The summed E-state index contributed by atoms with van der Waals surface area (Å²) < 4.78 is 5.59. The van der Waals surface area contributed by atoms with Crippen molar-refractivity contribution in [2.45, 2.75) is 32.0 Å². The van der Waals surface area contributed by atoms with Crippen LogP contribution in [0.3, 0.4) is 0 Å². The highest BCUT2D eigenvalue weighted by Gasteiger charge is 2.27. The molecule has 1 saturated heterocycles. The lowest BCUT2D eigenvalue weighted by Crippen LogP contribution is -2.47. The fourth-order valence-corrected chi connectivity index (χ4v) is 2.31. The third-order valence-corrected chi connectivity index (χ3v) is 3.37. The quantitative estimate of drug-likeness (QED) is 0.902. The Labute approximate surface area is 118 Å². The van der Waals surface area contributed by atoms with Crippen molar-refractivity contribution in [3.63, 3.8) is 0 Å². The molecule has 2 atom stereocenters. The number of nitrogens with zero attached hydrogens (tertiary/aromatic N) is 2. The number of rotatable bonds is 3. The van der Waals surface area contributed by atoms with Crippen LogP contribution in [0.1, 0.15) is 25.3 Å². The monoisotopic (exact) mass is 274 g/mol. The van der Waals surface area contributed by atoms with Gasteiger partial charge in [-0.15, -0.1) is 0 Å². The van der Waals surface area contributed by atoms with Crippen molar-refractivity contribution in [2.75, 3.05) is 13.1 Å². The van der Waals surface area contributed by atoms with Gasteiger partial charge in [-0.3, -0.25) is 4.79 Å². The summed E-state index contributed by atoms with van der Waals surface area (Å²) in [7, 11) is 0. The zero-order valence-corrected chi connectivity index (χ0v) is 11.5. The Hall–Kier alpha value is -2.06. The van der Waals surface area contributed by atoms with Crippen LogP contribution in [-0.4, -0.2) is 41.2 Å². The van der Waals surface area contributed by atoms with Gasteiger partial charge in [0.05, 0.1) is 11.7 Å². The lowest BCUT2D eigenvalue weighted by molar-refractivity contribution is -0.141. The van der Waals surface area contributed by atoms with E-state index in [9.17, 15) is 9.90 Å². The first-order valence-electron chi connectivity index (χ1n) is 6.74. The first-order valence-corrected chi connectivity index (χ1v) is 6.74. The van der Waals surface area contributed by atoms with E-state index in [1.54, 1.807) is 36.1 Å². The molecule has 0 bridgehead atoms. The number of piperidine rings is 1. The Bertz CT molecular complexity index is 524. The fraction of sp³-hybridized carbons (Fsp3) is 0.467. The third kappa shape index (κ3) is 3.28. The maximum absolute atomic E-state index is 12.3. The number of carbonyl (C=O) groups excluding carboxylic acids is 1. The van der Waals surface area contributed by atoms with E-state index in [0.29, 0.717) is 24.4 Å². The van der Waals surface area contributed by atoms with Crippen molar-refractivity contribution >= 4 is 5.91 Å². The van der Waals surface area contributed by atoms with Gasteiger partial charge in [0.25, 0.3) is 5.91 Å². The molecule has 0 aromatic heterocycles. The number of amides is 1. The van der Waals surface area contributed by atoms with Crippen molar-refractivity contribution in [3.05, 3.63) is 29.8 Å². The largest absolute Gasteiger partial charge is 0.480 e. The maximum atomic E-state index is 12.3. The lowest BCUT2D eigenvalue weighted by Gasteiger charge is -2.32. The first-order chi connectivity index (χ1) is 9.61. The molecule has 1 aromatic rings. The number of β-amino-alcohol motifs (C(OH)–C–C–N with tert-alkyl or cyclic N) is 1. The Kier molecular flexibility index (Phi) is 4.59. The molecule has 5 nitrogen and oxygen atoms in total. The number of nitriles is 1. The van der Waals surface area contributed by atoms with E-state index >= 15 is 0 Å². The van der Waals surface area contributed by atoms with E-state index in [0.717, 1.165) is 12.8 Å². The van der Waals surface area contributed by atoms with Gasteiger partial charge in [0, 0.05) is 13.1 Å². The molecule has 1 fully saturated rings. The molecule has 1 amide bonds. The Balaban J connectivity index is 2.02. The van der Waals surface area contributed by atoms with E-state index in [1.165, 1.54) is 0 Å². The van der Waals surface area contributed by atoms with Gasteiger partial charge in [0.1, 0.15) is 11.8 Å². The van der Waals surface area contributed by atoms with Gasteiger partial charge in [-0.25, -0.2) is 0 Å². The molecule has 0 unspecified atom stereocenters. The summed E-state index contributed by atoms with van der Waals surface area (Å²) in [6.07, 6.45) is 0.408. The molecule has 0 aliphatic carbocycles. The molecule has 1 heterocycles. The van der Waals surface area contributed by atoms with Gasteiger partial charge in [-0.1, -0.05) is 12.1 Å². The van der Waals surface area contributed by atoms with Crippen molar-refractivity contribution in [3.8, 4) is 11.8 Å². The predicted molar refractivity (Wildman–Crippen MR) is 73.1 cm³/mol. The van der Waals surface area contributed by atoms with Crippen molar-refractivity contribution in [1.29, 1.82) is 5.26 Å². The summed E-state index contributed by atoms with van der Waals surface area (Å²) in [5, 5.41) is 18.6. The average Bonchev–Trinajstić information content (AvgIpc) is 2.47. The number of hydrogen-bond donors (Lipinski definition) is 1. The van der Waals surface area contributed by atoms with Crippen LogP contribution in [0.2, 0.25) is 0 Å². The van der Waals surface area contributed by atoms with E-state index in [1.807, 2.05) is 6.07 Å². The van der Waals surface area contributed by atoms with Crippen LogP contribution in [-0.2, 0) is 4.79 Å². The SMILES string of the molecule is C[C@H](Oc1ccccc1C#N)C(=O)N1CCC[C@H](O)C1.